The van der Waals surface area contributed by atoms with Crippen LogP contribution in [0.25, 0.3) is 0 Å². The van der Waals surface area contributed by atoms with Gasteiger partial charge in [-0.3, -0.25) is 0 Å². The number of rotatable bonds is 6. The fraction of sp³-hybridized carbons (Fsp3) is 0.538. The standard InChI is InChI=1S/C13H21NO2/c1-10(8-9-15-3)16-13-6-4-12(5-7-13)11(2)14/h4-7,10-11H,8-9,14H2,1-3H3. The van der Waals surface area contributed by atoms with E-state index in [1.54, 1.807) is 7.11 Å². The maximum Gasteiger partial charge on any atom is 0.119 e. The van der Waals surface area contributed by atoms with E-state index in [9.17, 15) is 0 Å². The molecule has 2 unspecified atom stereocenters. The van der Waals surface area contributed by atoms with Crippen molar-refractivity contribution in [2.45, 2.75) is 32.4 Å². The molecule has 0 fully saturated rings. The molecule has 0 bridgehead atoms. The number of nitrogens with two attached hydrogens (primary N) is 1. The molecule has 1 aromatic rings. The molecule has 2 N–H and O–H groups in total. The highest BCUT2D eigenvalue weighted by molar-refractivity contribution is 5.28. The van der Waals surface area contributed by atoms with Gasteiger partial charge in [-0.15, -0.1) is 0 Å². The van der Waals surface area contributed by atoms with E-state index in [-0.39, 0.29) is 12.1 Å². The summed E-state index contributed by atoms with van der Waals surface area (Å²) in [6.07, 6.45) is 1.06. The lowest BCUT2D eigenvalue weighted by Crippen LogP contribution is -2.14. The number of hydrogen-bond donors (Lipinski definition) is 1. The average molecular weight is 223 g/mol. The molecule has 0 saturated heterocycles. The topological polar surface area (TPSA) is 44.5 Å². The van der Waals surface area contributed by atoms with Crippen molar-refractivity contribution in [3.05, 3.63) is 29.8 Å². The highest BCUT2D eigenvalue weighted by Gasteiger charge is 2.04. The molecule has 0 heterocycles. The summed E-state index contributed by atoms with van der Waals surface area (Å²) in [5.41, 5.74) is 6.90. The maximum absolute atomic E-state index is 5.77. The Morgan fingerprint density at radius 1 is 1.19 bits per heavy atom. The third-order valence-electron chi connectivity index (χ3n) is 2.47. The summed E-state index contributed by atoms with van der Waals surface area (Å²) in [7, 11) is 1.70. The van der Waals surface area contributed by atoms with Crippen molar-refractivity contribution in [2.24, 2.45) is 5.73 Å². The van der Waals surface area contributed by atoms with Crippen LogP contribution in [0.15, 0.2) is 24.3 Å². The fourth-order valence-electron chi connectivity index (χ4n) is 1.43. The van der Waals surface area contributed by atoms with Crippen LogP contribution in [0.2, 0.25) is 0 Å². The molecule has 0 radical (unpaired) electrons. The summed E-state index contributed by atoms with van der Waals surface area (Å²) in [6.45, 7) is 4.73. The SMILES string of the molecule is COCCC(C)Oc1ccc(C(C)N)cc1. The Kier molecular flexibility index (Phi) is 5.29. The zero-order valence-electron chi connectivity index (χ0n) is 10.3. The van der Waals surface area contributed by atoms with Crippen LogP contribution in [-0.4, -0.2) is 19.8 Å². The Morgan fingerprint density at radius 2 is 1.81 bits per heavy atom. The quantitative estimate of drug-likeness (QED) is 0.806. The van der Waals surface area contributed by atoms with E-state index in [1.807, 2.05) is 38.1 Å². The molecule has 90 valence electrons. The van der Waals surface area contributed by atoms with E-state index >= 15 is 0 Å². The van der Waals surface area contributed by atoms with E-state index in [0.717, 1.165) is 24.3 Å². The summed E-state index contributed by atoms with van der Waals surface area (Å²) >= 11 is 0. The predicted molar refractivity (Wildman–Crippen MR) is 65.6 cm³/mol. The molecule has 3 nitrogen and oxygen atoms in total. The first-order valence-electron chi connectivity index (χ1n) is 5.64. The van der Waals surface area contributed by atoms with Crippen LogP contribution in [0.1, 0.15) is 31.9 Å². The number of ether oxygens (including phenoxy) is 2. The molecule has 0 aliphatic heterocycles. The average Bonchev–Trinajstić information content (AvgIpc) is 2.27. The Morgan fingerprint density at radius 3 is 2.31 bits per heavy atom. The van der Waals surface area contributed by atoms with Crippen LogP contribution in [0, 0.1) is 0 Å². The first-order chi connectivity index (χ1) is 7.63. The monoisotopic (exact) mass is 223 g/mol. The largest absolute Gasteiger partial charge is 0.491 e. The molecule has 1 aromatic carbocycles. The molecule has 0 amide bonds. The third kappa shape index (κ3) is 4.21. The first-order valence-corrected chi connectivity index (χ1v) is 5.64. The maximum atomic E-state index is 5.77. The van der Waals surface area contributed by atoms with Gasteiger partial charge < -0.3 is 15.2 Å². The molecule has 16 heavy (non-hydrogen) atoms. The van der Waals surface area contributed by atoms with Gasteiger partial charge in [0.25, 0.3) is 0 Å². The summed E-state index contributed by atoms with van der Waals surface area (Å²) < 4.78 is 10.7. The van der Waals surface area contributed by atoms with Crippen molar-refractivity contribution >= 4 is 0 Å². The highest BCUT2D eigenvalue weighted by atomic mass is 16.5. The van der Waals surface area contributed by atoms with Crippen LogP contribution in [0.3, 0.4) is 0 Å². The Bertz CT molecular complexity index is 295. The number of hydrogen-bond acceptors (Lipinski definition) is 3. The zero-order chi connectivity index (χ0) is 12.0. The molecular weight excluding hydrogens is 202 g/mol. The minimum Gasteiger partial charge on any atom is -0.491 e. The van der Waals surface area contributed by atoms with Crippen molar-refractivity contribution in [2.75, 3.05) is 13.7 Å². The minimum atomic E-state index is 0.0694. The van der Waals surface area contributed by atoms with E-state index in [1.165, 1.54) is 0 Å². The van der Waals surface area contributed by atoms with Gasteiger partial charge in [0.15, 0.2) is 0 Å². The Hall–Kier alpha value is -1.06. The predicted octanol–water partition coefficient (Wildman–Crippen LogP) is 2.51. The van der Waals surface area contributed by atoms with Gasteiger partial charge in [0.05, 0.1) is 6.10 Å². The Balaban J connectivity index is 2.48. The summed E-state index contributed by atoms with van der Waals surface area (Å²) in [5, 5.41) is 0. The van der Waals surface area contributed by atoms with Gasteiger partial charge >= 0.3 is 0 Å². The Labute approximate surface area is 97.6 Å². The lowest BCUT2D eigenvalue weighted by atomic mass is 10.1. The van der Waals surface area contributed by atoms with Crippen molar-refractivity contribution in [1.29, 1.82) is 0 Å². The van der Waals surface area contributed by atoms with E-state index in [4.69, 9.17) is 15.2 Å². The minimum absolute atomic E-state index is 0.0694. The lowest BCUT2D eigenvalue weighted by molar-refractivity contribution is 0.135. The second-order valence-electron chi connectivity index (χ2n) is 4.07. The van der Waals surface area contributed by atoms with E-state index in [2.05, 4.69) is 0 Å². The molecule has 3 heteroatoms. The van der Waals surface area contributed by atoms with Crippen molar-refractivity contribution in [3.8, 4) is 5.75 Å². The molecule has 1 rings (SSSR count). The van der Waals surface area contributed by atoms with Crippen LogP contribution in [0.5, 0.6) is 5.75 Å². The van der Waals surface area contributed by atoms with Crippen LogP contribution in [0.4, 0.5) is 0 Å². The van der Waals surface area contributed by atoms with E-state index in [0.29, 0.717) is 0 Å². The van der Waals surface area contributed by atoms with Crippen LogP contribution < -0.4 is 10.5 Å². The fourth-order valence-corrected chi connectivity index (χ4v) is 1.43. The highest BCUT2D eigenvalue weighted by Crippen LogP contribution is 2.17. The molecule has 0 saturated carbocycles. The van der Waals surface area contributed by atoms with Gasteiger partial charge in [0.2, 0.25) is 0 Å². The third-order valence-corrected chi connectivity index (χ3v) is 2.47. The van der Waals surface area contributed by atoms with Crippen LogP contribution in [-0.2, 0) is 4.74 Å². The van der Waals surface area contributed by atoms with Gasteiger partial charge in [-0.1, -0.05) is 12.1 Å². The van der Waals surface area contributed by atoms with Crippen molar-refractivity contribution in [3.63, 3.8) is 0 Å². The van der Waals surface area contributed by atoms with E-state index < -0.39 is 0 Å². The summed E-state index contributed by atoms with van der Waals surface area (Å²) in [5.74, 6) is 0.882. The smallest absolute Gasteiger partial charge is 0.119 e. The van der Waals surface area contributed by atoms with Crippen molar-refractivity contribution in [1.82, 2.24) is 0 Å². The zero-order valence-corrected chi connectivity index (χ0v) is 10.3. The molecular formula is C13H21NO2. The first kappa shape index (κ1) is 13.0. The number of benzene rings is 1. The molecule has 0 aliphatic carbocycles. The number of methoxy groups -OCH3 is 1. The van der Waals surface area contributed by atoms with Gasteiger partial charge in [0, 0.05) is 26.2 Å². The van der Waals surface area contributed by atoms with Crippen molar-refractivity contribution < 1.29 is 9.47 Å². The second-order valence-corrected chi connectivity index (χ2v) is 4.07. The molecule has 0 aromatic heterocycles. The summed E-state index contributed by atoms with van der Waals surface area (Å²) in [6, 6.07) is 8.00. The van der Waals surface area contributed by atoms with Gasteiger partial charge in [-0.2, -0.15) is 0 Å². The van der Waals surface area contributed by atoms with Gasteiger partial charge in [-0.25, -0.2) is 0 Å². The summed E-state index contributed by atoms with van der Waals surface area (Å²) in [4.78, 5) is 0. The normalized spacial score (nSPS) is 14.5. The van der Waals surface area contributed by atoms with Gasteiger partial charge in [-0.05, 0) is 31.5 Å². The molecule has 2 atom stereocenters. The second kappa shape index (κ2) is 6.51. The molecule has 0 aliphatic rings. The van der Waals surface area contributed by atoms with Gasteiger partial charge in [0.1, 0.15) is 5.75 Å². The van der Waals surface area contributed by atoms with Crippen LogP contribution >= 0.6 is 0 Å². The lowest BCUT2D eigenvalue weighted by Gasteiger charge is -2.15. The molecule has 0 spiro atoms.